The Labute approximate surface area is 135 Å². The minimum absolute atomic E-state index is 0.0289. The quantitative estimate of drug-likeness (QED) is 0.753. The van der Waals surface area contributed by atoms with Crippen molar-refractivity contribution in [1.29, 1.82) is 0 Å². The van der Waals surface area contributed by atoms with Crippen LogP contribution in [0.3, 0.4) is 0 Å². The summed E-state index contributed by atoms with van der Waals surface area (Å²) in [5, 5.41) is 10.2. The molecule has 1 aliphatic carbocycles. The molecule has 0 spiro atoms. The molecule has 22 heavy (non-hydrogen) atoms. The van der Waals surface area contributed by atoms with Crippen LogP contribution in [0.4, 0.5) is 0 Å². The molecule has 1 saturated carbocycles. The summed E-state index contributed by atoms with van der Waals surface area (Å²) in [6, 6.07) is 0.295. The Morgan fingerprint density at radius 1 is 1.45 bits per heavy atom. The van der Waals surface area contributed by atoms with Gasteiger partial charge in [0.1, 0.15) is 0 Å². The Hall–Kier alpha value is -1.24. The molecule has 1 aromatic heterocycles. The number of thioether (sulfide) groups is 1. The third-order valence-electron chi connectivity index (χ3n) is 4.25. The van der Waals surface area contributed by atoms with E-state index in [4.69, 9.17) is 0 Å². The van der Waals surface area contributed by atoms with Crippen molar-refractivity contribution < 1.29 is 4.79 Å². The van der Waals surface area contributed by atoms with Gasteiger partial charge in [-0.15, -0.1) is 5.10 Å². The van der Waals surface area contributed by atoms with Crippen LogP contribution in [-0.2, 0) is 11.3 Å². The van der Waals surface area contributed by atoms with Crippen molar-refractivity contribution in [2.45, 2.75) is 70.1 Å². The normalized spacial score (nSPS) is 21.7. The van der Waals surface area contributed by atoms with E-state index in [9.17, 15) is 9.59 Å². The highest BCUT2D eigenvalue weighted by Crippen LogP contribution is 2.24. The molecular weight excluding hydrogens is 300 g/mol. The van der Waals surface area contributed by atoms with Crippen LogP contribution in [0.2, 0.25) is 0 Å². The summed E-state index contributed by atoms with van der Waals surface area (Å²) in [6.45, 7) is 4.93. The van der Waals surface area contributed by atoms with Gasteiger partial charge < -0.3 is 5.32 Å². The first-order valence-electron chi connectivity index (χ1n) is 8.19. The second-order valence-corrected chi connectivity index (χ2v) is 6.98. The van der Waals surface area contributed by atoms with Gasteiger partial charge in [0.05, 0.1) is 5.75 Å². The maximum atomic E-state index is 12.1. The zero-order chi connectivity index (χ0) is 15.9. The molecule has 2 rings (SSSR count). The number of nitrogens with zero attached hydrogens (tertiary/aromatic N) is 2. The summed E-state index contributed by atoms with van der Waals surface area (Å²) < 4.78 is 1.62. The molecule has 0 bridgehead atoms. The molecule has 1 amide bonds. The number of nitrogens with one attached hydrogen (secondary N) is 2. The van der Waals surface area contributed by atoms with E-state index in [0.29, 0.717) is 29.4 Å². The fourth-order valence-electron chi connectivity index (χ4n) is 2.84. The number of unbranched alkanes of at least 4 members (excludes halogenated alkanes) is 1. The maximum Gasteiger partial charge on any atom is 0.343 e. The Morgan fingerprint density at radius 3 is 2.95 bits per heavy atom. The summed E-state index contributed by atoms with van der Waals surface area (Å²) in [6.07, 6.45) is 6.66. The van der Waals surface area contributed by atoms with Gasteiger partial charge in [0.25, 0.3) is 0 Å². The van der Waals surface area contributed by atoms with Gasteiger partial charge in [-0.3, -0.25) is 9.36 Å². The third kappa shape index (κ3) is 4.63. The third-order valence-corrected chi connectivity index (χ3v) is 5.23. The van der Waals surface area contributed by atoms with Crippen LogP contribution in [-0.4, -0.2) is 32.5 Å². The molecule has 1 aliphatic rings. The van der Waals surface area contributed by atoms with Crippen LogP contribution in [0.1, 0.15) is 52.4 Å². The van der Waals surface area contributed by atoms with Crippen molar-refractivity contribution in [3.05, 3.63) is 10.5 Å². The van der Waals surface area contributed by atoms with Crippen molar-refractivity contribution in [2.24, 2.45) is 5.92 Å². The SMILES string of the molecule is CCCCn1c(SCC(=O)N[C@H]2CCCC[C@H]2C)n[nH]c1=O. The molecule has 6 nitrogen and oxygen atoms in total. The number of aromatic nitrogens is 3. The van der Waals surface area contributed by atoms with E-state index in [-0.39, 0.29) is 11.6 Å². The zero-order valence-electron chi connectivity index (χ0n) is 13.4. The molecule has 124 valence electrons. The average Bonchev–Trinajstić information content (AvgIpc) is 2.86. The summed E-state index contributed by atoms with van der Waals surface area (Å²) in [4.78, 5) is 23.8. The van der Waals surface area contributed by atoms with Gasteiger partial charge in [-0.05, 0) is 25.2 Å². The first kappa shape index (κ1) is 17.1. The highest BCUT2D eigenvalue weighted by atomic mass is 32.2. The van der Waals surface area contributed by atoms with Crippen LogP contribution in [0, 0.1) is 5.92 Å². The summed E-state index contributed by atoms with van der Waals surface area (Å²) in [7, 11) is 0. The predicted molar refractivity (Wildman–Crippen MR) is 88.0 cm³/mol. The lowest BCUT2D eigenvalue weighted by Gasteiger charge is -2.29. The number of hydrogen-bond acceptors (Lipinski definition) is 4. The molecule has 1 aromatic rings. The zero-order valence-corrected chi connectivity index (χ0v) is 14.2. The molecule has 2 N–H and O–H groups in total. The molecule has 0 unspecified atom stereocenters. The number of hydrogen-bond donors (Lipinski definition) is 2. The van der Waals surface area contributed by atoms with E-state index in [1.807, 2.05) is 0 Å². The van der Waals surface area contributed by atoms with Gasteiger partial charge in [0.2, 0.25) is 5.91 Å². The fraction of sp³-hybridized carbons (Fsp3) is 0.800. The number of H-pyrrole nitrogens is 1. The first-order chi connectivity index (χ1) is 10.6. The van der Waals surface area contributed by atoms with E-state index in [1.54, 1.807) is 4.57 Å². The van der Waals surface area contributed by atoms with E-state index in [1.165, 1.54) is 31.0 Å². The number of rotatable bonds is 7. The Bertz CT molecular complexity index is 540. The lowest BCUT2D eigenvalue weighted by Crippen LogP contribution is -2.41. The minimum Gasteiger partial charge on any atom is -0.352 e. The van der Waals surface area contributed by atoms with Crippen LogP contribution in [0.5, 0.6) is 0 Å². The van der Waals surface area contributed by atoms with Crippen molar-refractivity contribution in [1.82, 2.24) is 20.1 Å². The Balaban J connectivity index is 1.84. The van der Waals surface area contributed by atoms with Crippen LogP contribution < -0.4 is 11.0 Å². The van der Waals surface area contributed by atoms with Crippen LogP contribution in [0.15, 0.2) is 9.95 Å². The molecule has 0 aromatic carbocycles. The van der Waals surface area contributed by atoms with Gasteiger partial charge in [-0.1, -0.05) is 44.9 Å². The molecule has 0 saturated heterocycles. The topological polar surface area (TPSA) is 79.8 Å². The van der Waals surface area contributed by atoms with E-state index >= 15 is 0 Å². The lowest BCUT2D eigenvalue weighted by atomic mass is 9.86. The molecular formula is C15H26N4O2S. The van der Waals surface area contributed by atoms with E-state index in [2.05, 4.69) is 29.4 Å². The molecule has 0 aliphatic heterocycles. The van der Waals surface area contributed by atoms with Gasteiger partial charge in [-0.25, -0.2) is 9.89 Å². The van der Waals surface area contributed by atoms with E-state index < -0.39 is 0 Å². The number of aromatic amines is 1. The van der Waals surface area contributed by atoms with Crippen molar-refractivity contribution in [3.63, 3.8) is 0 Å². The Kier molecular flexibility index (Phi) is 6.54. The number of amides is 1. The second-order valence-electron chi connectivity index (χ2n) is 6.04. The van der Waals surface area contributed by atoms with E-state index in [0.717, 1.165) is 19.3 Å². The molecule has 2 atom stereocenters. The second kappa shape index (κ2) is 8.41. The summed E-state index contributed by atoms with van der Waals surface area (Å²) in [5.41, 5.74) is -0.197. The summed E-state index contributed by atoms with van der Waals surface area (Å²) in [5.74, 6) is 0.886. The highest BCUT2D eigenvalue weighted by Gasteiger charge is 2.23. The average molecular weight is 326 g/mol. The molecule has 0 radical (unpaired) electrons. The van der Waals surface area contributed by atoms with Gasteiger partial charge in [-0.2, -0.15) is 0 Å². The number of carbonyl (C=O) groups excluding carboxylic acids is 1. The van der Waals surface area contributed by atoms with Crippen LogP contribution >= 0.6 is 11.8 Å². The molecule has 1 fully saturated rings. The highest BCUT2D eigenvalue weighted by molar-refractivity contribution is 7.99. The van der Waals surface area contributed by atoms with Gasteiger partial charge >= 0.3 is 5.69 Å². The largest absolute Gasteiger partial charge is 0.352 e. The predicted octanol–water partition coefficient (Wildman–Crippen LogP) is 2.16. The first-order valence-corrected chi connectivity index (χ1v) is 9.17. The van der Waals surface area contributed by atoms with Crippen molar-refractivity contribution in [2.75, 3.05) is 5.75 Å². The minimum atomic E-state index is -0.197. The van der Waals surface area contributed by atoms with Gasteiger partial charge in [0, 0.05) is 12.6 Å². The number of carbonyl (C=O) groups is 1. The fourth-order valence-corrected chi connectivity index (χ4v) is 3.62. The molecule has 7 heteroatoms. The molecule has 1 heterocycles. The lowest BCUT2D eigenvalue weighted by molar-refractivity contribution is -0.119. The van der Waals surface area contributed by atoms with Crippen molar-refractivity contribution >= 4 is 17.7 Å². The maximum absolute atomic E-state index is 12.1. The Morgan fingerprint density at radius 2 is 2.23 bits per heavy atom. The van der Waals surface area contributed by atoms with Crippen molar-refractivity contribution in [3.8, 4) is 0 Å². The summed E-state index contributed by atoms with van der Waals surface area (Å²) >= 11 is 1.32. The monoisotopic (exact) mass is 326 g/mol. The van der Waals surface area contributed by atoms with Crippen LogP contribution in [0.25, 0.3) is 0 Å². The standard InChI is InChI=1S/C15H26N4O2S/c1-3-4-9-19-14(21)17-18-15(19)22-10-13(20)16-12-8-6-5-7-11(12)2/h11-12H,3-10H2,1-2H3,(H,16,20)(H,17,21)/t11-,12+/m1/s1. The van der Waals surface area contributed by atoms with Gasteiger partial charge in [0.15, 0.2) is 5.16 Å². The smallest absolute Gasteiger partial charge is 0.343 e.